The highest BCUT2D eigenvalue weighted by atomic mass is 16.5. The van der Waals surface area contributed by atoms with Crippen LogP contribution < -0.4 is 14.8 Å². The van der Waals surface area contributed by atoms with Gasteiger partial charge in [-0.2, -0.15) is 4.98 Å². The van der Waals surface area contributed by atoms with Gasteiger partial charge in [-0.05, 0) is 19.2 Å². The lowest BCUT2D eigenvalue weighted by Crippen LogP contribution is -2.10. The van der Waals surface area contributed by atoms with Crippen LogP contribution in [0.3, 0.4) is 0 Å². The molecule has 1 N–H and O–H groups in total. The Morgan fingerprint density at radius 1 is 1.16 bits per heavy atom. The van der Waals surface area contributed by atoms with E-state index in [2.05, 4.69) is 15.5 Å². The maximum absolute atomic E-state index is 5.25. The van der Waals surface area contributed by atoms with Crippen molar-refractivity contribution in [3.05, 3.63) is 24.0 Å². The molecule has 0 spiro atoms. The standard InChI is InChI=1S/C13H17N3O3/c1-14-5-4-12-15-13(19-16-12)9-6-10(17-2)8-11(7-9)18-3/h6-8,14H,4-5H2,1-3H3. The van der Waals surface area contributed by atoms with Crippen LogP contribution in [-0.2, 0) is 6.42 Å². The first-order valence-corrected chi connectivity index (χ1v) is 5.97. The molecular formula is C13H17N3O3. The van der Waals surface area contributed by atoms with E-state index < -0.39 is 0 Å². The van der Waals surface area contributed by atoms with Crippen molar-refractivity contribution in [3.8, 4) is 23.0 Å². The quantitative estimate of drug-likeness (QED) is 0.852. The number of rotatable bonds is 6. The fraction of sp³-hybridized carbons (Fsp3) is 0.385. The minimum Gasteiger partial charge on any atom is -0.497 e. The lowest BCUT2D eigenvalue weighted by atomic mass is 10.2. The molecule has 0 atom stereocenters. The molecule has 0 fully saturated rings. The second-order valence-electron chi connectivity index (χ2n) is 3.97. The zero-order valence-electron chi connectivity index (χ0n) is 11.3. The molecule has 102 valence electrons. The summed E-state index contributed by atoms with van der Waals surface area (Å²) in [4.78, 5) is 4.34. The Balaban J connectivity index is 2.27. The summed E-state index contributed by atoms with van der Waals surface area (Å²) in [5.41, 5.74) is 0.777. The molecule has 0 saturated carbocycles. The second kappa shape index (κ2) is 6.19. The van der Waals surface area contributed by atoms with Crippen LogP contribution in [0, 0.1) is 0 Å². The van der Waals surface area contributed by atoms with Crippen molar-refractivity contribution < 1.29 is 14.0 Å². The SMILES string of the molecule is CNCCc1noc(-c2cc(OC)cc(OC)c2)n1. The summed E-state index contributed by atoms with van der Waals surface area (Å²) >= 11 is 0. The van der Waals surface area contributed by atoms with E-state index >= 15 is 0 Å². The minimum atomic E-state index is 0.461. The third-order valence-corrected chi connectivity index (χ3v) is 2.67. The van der Waals surface area contributed by atoms with Gasteiger partial charge >= 0.3 is 0 Å². The zero-order valence-corrected chi connectivity index (χ0v) is 11.3. The Labute approximate surface area is 111 Å². The van der Waals surface area contributed by atoms with Crippen LogP contribution in [0.15, 0.2) is 22.7 Å². The molecule has 0 unspecified atom stereocenters. The van der Waals surface area contributed by atoms with Crippen molar-refractivity contribution in [1.82, 2.24) is 15.5 Å². The van der Waals surface area contributed by atoms with Crippen LogP contribution in [0.5, 0.6) is 11.5 Å². The molecule has 2 aromatic rings. The largest absolute Gasteiger partial charge is 0.497 e. The Kier molecular flexibility index (Phi) is 4.35. The Hall–Kier alpha value is -2.08. The van der Waals surface area contributed by atoms with E-state index in [1.807, 2.05) is 19.2 Å². The molecule has 0 aliphatic rings. The summed E-state index contributed by atoms with van der Waals surface area (Å²) in [5, 5.41) is 6.97. The van der Waals surface area contributed by atoms with Gasteiger partial charge in [-0.15, -0.1) is 0 Å². The van der Waals surface area contributed by atoms with Crippen LogP contribution in [0.2, 0.25) is 0 Å². The molecule has 1 heterocycles. The Morgan fingerprint density at radius 3 is 2.42 bits per heavy atom. The first kappa shape index (κ1) is 13.4. The number of nitrogens with zero attached hydrogens (tertiary/aromatic N) is 2. The van der Waals surface area contributed by atoms with Crippen molar-refractivity contribution >= 4 is 0 Å². The average molecular weight is 263 g/mol. The van der Waals surface area contributed by atoms with Gasteiger partial charge in [-0.25, -0.2) is 0 Å². The van der Waals surface area contributed by atoms with Crippen molar-refractivity contribution in [2.24, 2.45) is 0 Å². The van der Waals surface area contributed by atoms with E-state index in [4.69, 9.17) is 14.0 Å². The van der Waals surface area contributed by atoms with Gasteiger partial charge in [0.2, 0.25) is 0 Å². The molecule has 6 heteroatoms. The number of benzene rings is 1. The summed E-state index contributed by atoms with van der Waals surface area (Å²) in [6, 6.07) is 5.46. The average Bonchev–Trinajstić information content (AvgIpc) is 2.93. The minimum absolute atomic E-state index is 0.461. The summed E-state index contributed by atoms with van der Waals surface area (Å²) in [6.45, 7) is 0.806. The second-order valence-corrected chi connectivity index (χ2v) is 3.97. The van der Waals surface area contributed by atoms with Crippen molar-refractivity contribution in [2.75, 3.05) is 27.8 Å². The van der Waals surface area contributed by atoms with E-state index in [9.17, 15) is 0 Å². The number of methoxy groups -OCH3 is 2. The predicted octanol–water partition coefficient (Wildman–Crippen LogP) is 1.52. The van der Waals surface area contributed by atoms with Gasteiger partial charge in [0, 0.05) is 24.6 Å². The van der Waals surface area contributed by atoms with E-state index in [-0.39, 0.29) is 0 Å². The van der Waals surface area contributed by atoms with Gasteiger partial charge in [0.25, 0.3) is 5.89 Å². The summed E-state index contributed by atoms with van der Waals surface area (Å²) in [5.74, 6) is 2.50. The molecule has 6 nitrogen and oxygen atoms in total. The van der Waals surface area contributed by atoms with Gasteiger partial charge in [-0.1, -0.05) is 5.16 Å². The molecule has 2 rings (SSSR count). The predicted molar refractivity (Wildman–Crippen MR) is 70.5 cm³/mol. The fourth-order valence-electron chi connectivity index (χ4n) is 1.64. The van der Waals surface area contributed by atoms with E-state index in [0.29, 0.717) is 23.2 Å². The topological polar surface area (TPSA) is 69.4 Å². The highest BCUT2D eigenvalue weighted by Gasteiger charge is 2.11. The zero-order chi connectivity index (χ0) is 13.7. The van der Waals surface area contributed by atoms with E-state index in [0.717, 1.165) is 18.5 Å². The number of ether oxygens (including phenoxy) is 2. The molecule has 0 aliphatic carbocycles. The fourth-order valence-corrected chi connectivity index (χ4v) is 1.64. The number of aromatic nitrogens is 2. The molecule has 1 aromatic heterocycles. The van der Waals surface area contributed by atoms with Gasteiger partial charge in [0.1, 0.15) is 11.5 Å². The summed E-state index contributed by atoms with van der Waals surface area (Å²) < 4.78 is 15.7. The third kappa shape index (κ3) is 3.23. The number of hydrogen-bond donors (Lipinski definition) is 1. The van der Waals surface area contributed by atoms with Crippen LogP contribution in [0.25, 0.3) is 11.5 Å². The Bertz CT molecular complexity index is 517. The normalized spacial score (nSPS) is 10.5. The monoisotopic (exact) mass is 263 g/mol. The highest BCUT2D eigenvalue weighted by molar-refractivity contribution is 5.59. The maximum atomic E-state index is 5.25. The molecule has 0 amide bonds. The van der Waals surface area contributed by atoms with Crippen LogP contribution in [-0.4, -0.2) is 38.0 Å². The Morgan fingerprint density at radius 2 is 1.84 bits per heavy atom. The lowest BCUT2D eigenvalue weighted by Gasteiger charge is -2.05. The van der Waals surface area contributed by atoms with Crippen molar-refractivity contribution in [3.63, 3.8) is 0 Å². The van der Waals surface area contributed by atoms with Crippen molar-refractivity contribution in [1.29, 1.82) is 0 Å². The van der Waals surface area contributed by atoms with Crippen LogP contribution in [0.1, 0.15) is 5.82 Å². The van der Waals surface area contributed by atoms with Gasteiger partial charge in [0.15, 0.2) is 5.82 Å². The number of hydrogen-bond acceptors (Lipinski definition) is 6. The molecular weight excluding hydrogens is 246 g/mol. The highest BCUT2D eigenvalue weighted by Crippen LogP contribution is 2.28. The van der Waals surface area contributed by atoms with Gasteiger partial charge in [-0.3, -0.25) is 0 Å². The summed E-state index contributed by atoms with van der Waals surface area (Å²) in [6.07, 6.45) is 0.723. The first-order valence-electron chi connectivity index (χ1n) is 5.97. The van der Waals surface area contributed by atoms with Gasteiger partial charge < -0.3 is 19.3 Å². The van der Waals surface area contributed by atoms with Crippen LogP contribution >= 0.6 is 0 Å². The molecule has 0 aliphatic heterocycles. The maximum Gasteiger partial charge on any atom is 0.258 e. The van der Waals surface area contributed by atoms with E-state index in [1.165, 1.54) is 0 Å². The summed E-state index contributed by atoms with van der Waals surface area (Å²) in [7, 11) is 5.09. The molecule has 0 bridgehead atoms. The first-order chi connectivity index (χ1) is 9.26. The lowest BCUT2D eigenvalue weighted by molar-refractivity contribution is 0.393. The third-order valence-electron chi connectivity index (χ3n) is 2.67. The molecule has 1 aromatic carbocycles. The number of nitrogens with one attached hydrogen (secondary N) is 1. The number of likely N-dealkylation sites (N-methyl/N-ethyl adjacent to an activating group) is 1. The van der Waals surface area contributed by atoms with Gasteiger partial charge in [0.05, 0.1) is 14.2 Å². The molecule has 19 heavy (non-hydrogen) atoms. The van der Waals surface area contributed by atoms with Crippen LogP contribution in [0.4, 0.5) is 0 Å². The van der Waals surface area contributed by atoms with Crippen molar-refractivity contribution in [2.45, 2.75) is 6.42 Å². The smallest absolute Gasteiger partial charge is 0.258 e. The van der Waals surface area contributed by atoms with E-state index in [1.54, 1.807) is 20.3 Å². The molecule has 0 radical (unpaired) electrons. The molecule has 0 saturated heterocycles.